The number of aliphatic hydroxyl groups is 2. The SMILES string of the molecule is COc1cccc(CNc2ncnc3c2ncn3[C@@H]2O[C@H](CN[SH](=O)=O)[C@@H](O)[C@H]2O)c1. The van der Waals surface area contributed by atoms with Crippen molar-refractivity contribution >= 4 is 27.9 Å². The second-order valence-corrected chi connectivity index (χ2v) is 7.75. The average molecular weight is 450 g/mol. The number of imidazole rings is 1. The number of rotatable bonds is 8. The van der Waals surface area contributed by atoms with E-state index in [0.717, 1.165) is 11.3 Å². The first-order chi connectivity index (χ1) is 15.0. The maximum Gasteiger partial charge on any atom is 0.201 e. The van der Waals surface area contributed by atoms with Gasteiger partial charge in [0.25, 0.3) is 0 Å². The third kappa shape index (κ3) is 4.45. The third-order valence-electron chi connectivity index (χ3n) is 4.99. The van der Waals surface area contributed by atoms with Crippen LogP contribution in [0, 0.1) is 0 Å². The number of aromatic nitrogens is 4. The summed E-state index contributed by atoms with van der Waals surface area (Å²) in [5.74, 6) is 1.23. The number of hydrogen-bond donors (Lipinski definition) is 5. The predicted octanol–water partition coefficient (Wildman–Crippen LogP) is -0.818. The van der Waals surface area contributed by atoms with Gasteiger partial charge >= 0.3 is 0 Å². The van der Waals surface area contributed by atoms with Gasteiger partial charge in [-0.15, -0.1) is 0 Å². The Morgan fingerprint density at radius 3 is 2.84 bits per heavy atom. The summed E-state index contributed by atoms with van der Waals surface area (Å²) in [6.45, 7) is 0.306. The molecule has 0 amide bonds. The molecule has 4 rings (SSSR count). The van der Waals surface area contributed by atoms with Crippen molar-refractivity contribution in [2.45, 2.75) is 31.1 Å². The molecule has 2 aromatic heterocycles. The van der Waals surface area contributed by atoms with Crippen LogP contribution >= 0.6 is 0 Å². The summed E-state index contributed by atoms with van der Waals surface area (Å²) in [5.41, 5.74) is 1.83. The van der Waals surface area contributed by atoms with Gasteiger partial charge < -0.3 is 25.0 Å². The molecular weight excluding hydrogens is 428 g/mol. The van der Waals surface area contributed by atoms with Crippen molar-refractivity contribution in [3.63, 3.8) is 0 Å². The lowest BCUT2D eigenvalue weighted by Crippen LogP contribution is -2.37. The number of hydrogen-bond acceptors (Lipinski definition) is 10. The Morgan fingerprint density at radius 2 is 2.06 bits per heavy atom. The first kappa shape index (κ1) is 21.4. The number of methoxy groups -OCH3 is 1. The maximum absolute atomic E-state index is 10.7. The monoisotopic (exact) mass is 450 g/mol. The molecule has 12 nitrogen and oxygen atoms in total. The zero-order chi connectivity index (χ0) is 22.0. The predicted molar refractivity (Wildman–Crippen MR) is 110 cm³/mol. The maximum atomic E-state index is 10.7. The van der Waals surface area contributed by atoms with Crippen molar-refractivity contribution in [2.24, 2.45) is 0 Å². The van der Waals surface area contributed by atoms with Crippen LogP contribution in [0.5, 0.6) is 5.75 Å². The van der Waals surface area contributed by atoms with Crippen LogP contribution in [0.4, 0.5) is 5.82 Å². The molecule has 1 fully saturated rings. The number of aliphatic hydroxyl groups excluding tert-OH is 2. The van der Waals surface area contributed by atoms with Crippen LogP contribution in [-0.4, -0.2) is 70.1 Å². The Labute approximate surface area is 179 Å². The molecule has 1 saturated heterocycles. The van der Waals surface area contributed by atoms with Gasteiger partial charge in [0.05, 0.1) is 13.4 Å². The summed E-state index contributed by atoms with van der Waals surface area (Å²) in [6, 6.07) is 7.59. The largest absolute Gasteiger partial charge is 0.497 e. The molecule has 1 aliphatic heterocycles. The fourth-order valence-corrected chi connectivity index (χ4v) is 3.76. The molecule has 13 heteroatoms. The molecule has 0 unspecified atom stereocenters. The lowest BCUT2D eigenvalue weighted by Gasteiger charge is -2.16. The zero-order valence-electron chi connectivity index (χ0n) is 16.5. The number of benzene rings is 1. The molecule has 0 aliphatic carbocycles. The lowest BCUT2D eigenvalue weighted by atomic mass is 10.1. The Kier molecular flexibility index (Phi) is 6.29. The van der Waals surface area contributed by atoms with E-state index in [-0.39, 0.29) is 6.54 Å². The number of anilines is 1. The second-order valence-electron chi connectivity index (χ2n) is 6.92. The Hall–Kier alpha value is -2.84. The highest BCUT2D eigenvalue weighted by Crippen LogP contribution is 2.32. The Bertz CT molecular complexity index is 1130. The van der Waals surface area contributed by atoms with Gasteiger partial charge in [-0.1, -0.05) is 12.1 Å². The van der Waals surface area contributed by atoms with Crippen LogP contribution in [0.25, 0.3) is 11.2 Å². The molecular formula is C18H22N6O6S. The van der Waals surface area contributed by atoms with Crippen molar-refractivity contribution in [1.29, 1.82) is 0 Å². The van der Waals surface area contributed by atoms with E-state index < -0.39 is 35.4 Å². The highest BCUT2D eigenvalue weighted by molar-refractivity contribution is 7.70. The third-order valence-corrected chi connectivity index (χ3v) is 5.43. The van der Waals surface area contributed by atoms with Crippen LogP contribution < -0.4 is 14.8 Å². The number of thiol groups is 1. The van der Waals surface area contributed by atoms with Crippen molar-refractivity contribution < 1.29 is 28.1 Å². The van der Waals surface area contributed by atoms with Crippen LogP contribution in [0.15, 0.2) is 36.9 Å². The summed E-state index contributed by atoms with van der Waals surface area (Å²) in [4.78, 5) is 12.8. The number of fused-ring (bicyclic) bond motifs is 1. The van der Waals surface area contributed by atoms with Crippen molar-refractivity contribution in [2.75, 3.05) is 19.0 Å². The van der Waals surface area contributed by atoms with E-state index in [2.05, 4.69) is 25.0 Å². The second kappa shape index (κ2) is 9.11. The summed E-state index contributed by atoms with van der Waals surface area (Å²) < 4.78 is 36.1. The first-order valence-electron chi connectivity index (χ1n) is 9.41. The first-order valence-corrected chi connectivity index (χ1v) is 10.6. The highest BCUT2D eigenvalue weighted by Gasteiger charge is 2.44. The van der Waals surface area contributed by atoms with Gasteiger partial charge in [-0.3, -0.25) is 4.57 Å². The smallest absolute Gasteiger partial charge is 0.201 e. The molecule has 1 aliphatic rings. The van der Waals surface area contributed by atoms with E-state index in [4.69, 9.17) is 9.47 Å². The van der Waals surface area contributed by atoms with E-state index in [1.165, 1.54) is 17.2 Å². The topological polar surface area (TPSA) is 161 Å². The fourth-order valence-electron chi connectivity index (χ4n) is 3.43. The minimum absolute atomic E-state index is 0.164. The minimum Gasteiger partial charge on any atom is -0.497 e. The van der Waals surface area contributed by atoms with Gasteiger partial charge in [-0.25, -0.2) is 28.1 Å². The quantitative estimate of drug-likeness (QED) is 0.274. The van der Waals surface area contributed by atoms with E-state index in [1.807, 2.05) is 24.3 Å². The summed E-state index contributed by atoms with van der Waals surface area (Å²) in [7, 11) is -1.25. The molecule has 0 spiro atoms. The van der Waals surface area contributed by atoms with Crippen LogP contribution in [-0.2, 0) is 22.2 Å². The normalized spacial score (nSPS) is 23.5. The highest BCUT2D eigenvalue weighted by atomic mass is 32.2. The Morgan fingerprint density at radius 1 is 1.23 bits per heavy atom. The summed E-state index contributed by atoms with van der Waals surface area (Å²) in [6.07, 6.45) is -1.70. The molecule has 3 heterocycles. The molecule has 0 saturated carbocycles. The van der Waals surface area contributed by atoms with Crippen LogP contribution in [0.3, 0.4) is 0 Å². The molecule has 0 bridgehead atoms. The molecule has 3 aromatic rings. The van der Waals surface area contributed by atoms with Gasteiger partial charge in [-0.05, 0) is 17.7 Å². The van der Waals surface area contributed by atoms with Gasteiger partial charge in [0.1, 0.15) is 30.4 Å². The van der Waals surface area contributed by atoms with Crippen LogP contribution in [0.1, 0.15) is 11.8 Å². The summed E-state index contributed by atoms with van der Waals surface area (Å²) in [5, 5.41) is 23.8. The molecule has 4 atom stereocenters. The number of nitrogens with zero attached hydrogens (tertiary/aromatic N) is 4. The average Bonchev–Trinajstić information content (AvgIpc) is 3.32. The van der Waals surface area contributed by atoms with Crippen LogP contribution in [0.2, 0.25) is 0 Å². The van der Waals surface area contributed by atoms with E-state index in [0.29, 0.717) is 23.5 Å². The number of ether oxygens (including phenoxy) is 2. The zero-order valence-corrected chi connectivity index (χ0v) is 17.3. The Balaban J connectivity index is 1.54. The molecule has 4 N–H and O–H groups in total. The lowest BCUT2D eigenvalue weighted by molar-refractivity contribution is -0.0329. The molecule has 31 heavy (non-hydrogen) atoms. The summed E-state index contributed by atoms with van der Waals surface area (Å²) >= 11 is 0. The molecule has 0 radical (unpaired) electrons. The van der Waals surface area contributed by atoms with Gasteiger partial charge in [0.15, 0.2) is 23.2 Å². The van der Waals surface area contributed by atoms with E-state index in [9.17, 15) is 18.6 Å². The van der Waals surface area contributed by atoms with E-state index >= 15 is 0 Å². The molecule has 166 valence electrons. The minimum atomic E-state index is -2.85. The molecule has 1 aromatic carbocycles. The van der Waals surface area contributed by atoms with Crippen molar-refractivity contribution in [3.05, 3.63) is 42.5 Å². The van der Waals surface area contributed by atoms with Gasteiger partial charge in [-0.2, -0.15) is 0 Å². The van der Waals surface area contributed by atoms with Gasteiger partial charge in [0, 0.05) is 13.1 Å². The van der Waals surface area contributed by atoms with E-state index in [1.54, 1.807) is 7.11 Å². The number of nitrogens with one attached hydrogen (secondary N) is 2. The fraction of sp³-hybridized carbons (Fsp3) is 0.389. The van der Waals surface area contributed by atoms with Gasteiger partial charge in [0.2, 0.25) is 10.9 Å². The van der Waals surface area contributed by atoms with Crippen molar-refractivity contribution in [1.82, 2.24) is 24.2 Å². The standard InChI is InChI=1S/C18H22N6O6S/c1-29-11-4-2-3-10(5-11)6-19-16-13-17(21-8-20-16)24(9-22-13)18-15(26)14(25)12(30-18)7-23-31(27)28/h2-5,8-9,12,14-15,18,25-26,31H,6-7H2,1H3,(H,19,20,21)(H,23,27,28)/t12-,14-,15-,18-/m1/s1. The van der Waals surface area contributed by atoms with Crippen molar-refractivity contribution in [3.8, 4) is 5.75 Å².